The molecule has 0 saturated carbocycles. The highest BCUT2D eigenvalue weighted by molar-refractivity contribution is 7.10. The number of hydrogen-bond acceptors (Lipinski definition) is 6. The summed E-state index contributed by atoms with van der Waals surface area (Å²) in [4.78, 5) is 18.3. The van der Waals surface area contributed by atoms with Gasteiger partial charge in [-0.15, -0.1) is 11.3 Å². The summed E-state index contributed by atoms with van der Waals surface area (Å²) >= 11 is 1.72. The number of urea groups is 1. The Morgan fingerprint density at radius 1 is 1.26 bits per heavy atom. The molecule has 8 heteroatoms. The Balaban J connectivity index is 1.49. The number of carbonyl (C=O) groups is 1. The van der Waals surface area contributed by atoms with Gasteiger partial charge in [0, 0.05) is 49.6 Å². The van der Waals surface area contributed by atoms with Crippen molar-refractivity contribution < 1.29 is 14.3 Å². The molecule has 2 saturated heterocycles. The minimum absolute atomic E-state index is 0.101. The molecule has 1 aromatic heterocycles. The number of nitrogens with zero attached hydrogens (tertiary/aromatic N) is 2. The number of morpholine rings is 1. The topological polar surface area (TPSA) is 66.1 Å². The van der Waals surface area contributed by atoms with Gasteiger partial charge in [-0.1, -0.05) is 6.07 Å². The Hall–Kier alpha value is -1.19. The van der Waals surface area contributed by atoms with Gasteiger partial charge in [0.05, 0.1) is 25.9 Å². The number of likely N-dealkylation sites (N-methyl/N-ethyl adjacent to an activating group) is 1. The van der Waals surface area contributed by atoms with Crippen LogP contribution in [-0.2, 0) is 9.47 Å². The number of rotatable bonds is 8. The largest absolute Gasteiger partial charge is 0.381 e. The number of ether oxygens (including phenoxy) is 2. The van der Waals surface area contributed by atoms with Crippen LogP contribution in [0.4, 0.5) is 4.79 Å². The molecule has 2 aliphatic heterocycles. The minimum atomic E-state index is -0.101. The third-order valence-corrected chi connectivity index (χ3v) is 6.42. The normalized spacial score (nSPS) is 23.3. The minimum Gasteiger partial charge on any atom is -0.381 e. The Morgan fingerprint density at radius 3 is 2.67 bits per heavy atom. The molecule has 0 aliphatic carbocycles. The third kappa shape index (κ3) is 5.89. The second kappa shape index (κ2) is 10.4. The average molecular weight is 397 g/mol. The molecule has 2 fully saturated rings. The summed E-state index contributed by atoms with van der Waals surface area (Å²) in [7, 11) is 4.08. The maximum absolute atomic E-state index is 12.4. The fourth-order valence-corrected chi connectivity index (χ4v) is 4.75. The number of amides is 2. The summed E-state index contributed by atoms with van der Waals surface area (Å²) < 4.78 is 11.1. The summed E-state index contributed by atoms with van der Waals surface area (Å²) in [6.07, 6.45) is 1.06. The zero-order chi connectivity index (χ0) is 19.1. The summed E-state index contributed by atoms with van der Waals surface area (Å²) in [6.45, 7) is 6.22. The number of carbonyl (C=O) groups excluding carboxylic acids is 1. The van der Waals surface area contributed by atoms with Crippen LogP contribution < -0.4 is 10.6 Å². The smallest absolute Gasteiger partial charge is 0.314 e. The van der Waals surface area contributed by atoms with Gasteiger partial charge in [0.25, 0.3) is 0 Å². The summed E-state index contributed by atoms with van der Waals surface area (Å²) in [5, 5.41) is 8.21. The predicted molar refractivity (Wildman–Crippen MR) is 107 cm³/mol. The van der Waals surface area contributed by atoms with E-state index in [1.165, 1.54) is 4.88 Å². The first kappa shape index (κ1) is 20.5. The van der Waals surface area contributed by atoms with E-state index in [4.69, 9.17) is 9.47 Å². The molecule has 2 N–H and O–H groups in total. The Kier molecular flexibility index (Phi) is 7.90. The standard InChI is InChI=1S/C19H32N4O3S/c1-22(2)17(18-4-3-11-27-18)13-21-19(24)20-12-16(15-5-8-26-14-15)23-6-9-25-10-7-23/h3-4,11,15-17H,5-10,12-14H2,1-2H3,(H2,20,21,24). The first-order chi connectivity index (χ1) is 13.1. The number of thiophene rings is 1. The predicted octanol–water partition coefficient (Wildman–Crippen LogP) is 1.39. The van der Waals surface area contributed by atoms with E-state index >= 15 is 0 Å². The molecule has 3 atom stereocenters. The molecular weight excluding hydrogens is 364 g/mol. The van der Waals surface area contributed by atoms with Crippen molar-refractivity contribution in [3.63, 3.8) is 0 Å². The lowest BCUT2D eigenvalue weighted by Gasteiger charge is -2.37. The number of nitrogens with one attached hydrogen (secondary N) is 2. The maximum Gasteiger partial charge on any atom is 0.314 e. The summed E-state index contributed by atoms with van der Waals surface area (Å²) in [5.41, 5.74) is 0. The van der Waals surface area contributed by atoms with Crippen molar-refractivity contribution in [2.45, 2.75) is 18.5 Å². The molecule has 27 heavy (non-hydrogen) atoms. The first-order valence-corrected chi connectivity index (χ1v) is 10.6. The molecule has 3 unspecified atom stereocenters. The van der Waals surface area contributed by atoms with Gasteiger partial charge < -0.3 is 25.0 Å². The van der Waals surface area contributed by atoms with Gasteiger partial charge in [-0.3, -0.25) is 4.90 Å². The van der Waals surface area contributed by atoms with E-state index < -0.39 is 0 Å². The summed E-state index contributed by atoms with van der Waals surface area (Å²) in [6, 6.07) is 4.56. The third-order valence-electron chi connectivity index (χ3n) is 5.45. The zero-order valence-corrected chi connectivity index (χ0v) is 17.2. The van der Waals surface area contributed by atoms with Crippen molar-refractivity contribution in [1.29, 1.82) is 0 Å². The van der Waals surface area contributed by atoms with Gasteiger partial charge in [-0.05, 0) is 32.0 Å². The summed E-state index contributed by atoms with van der Waals surface area (Å²) in [5.74, 6) is 0.476. The van der Waals surface area contributed by atoms with Crippen LogP contribution in [0, 0.1) is 5.92 Å². The maximum atomic E-state index is 12.4. The molecule has 0 aromatic carbocycles. The van der Waals surface area contributed by atoms with Crippen molar-refractivity contribution in [2.24, 2.45) is 5.92 Å². The van der Waals surface area contributed by atoms with Gasteiger partial charge in [0.2, 0.25) is 0 Å². The van der Waals surface area contributed by atoms with Crippen molar-refractivity contribution in [1.82, 2.24) is 20.4 Å². The second-order valence-corrected chi connectivity index (χ2v) is 8.40. The SMILES string of the molecule is CN(C)C(CNC(=O)NCC(C1CCOC1)N1CCOCC1)c1cccs1. The molecule has 2 amide bonds. The Bertz CT molecular complexity index is 557. The quantitative estimate of drug-likeness (QED) is 0.695. The second-order valence-electron chi connectivity index (χ2n) is 7.43. The molecular formula is C19H32N4O3S. The van der Waals surface area contributed by atoms with Crippen LogP contribution in [0.1, 0.15) is 17.3 Å². The lowest BCUT2D eigenvalue weighted by atomic mass is 9.97. The van der Waals surface area contributed by atoms with E-state index in [2.05, 4.69) is 31.9 Å². The number of hydrogen-bond donors (Lipinski definition) is 2. The van der Waals surface area contributed by atoms with Crippen LogP contribution in [0.3, 0.4) is 0 Å². The molecule has 7 nitrogen and oxygen atoms in total. The molecule has 3 heterocycles. The van der Waals surface area contributed by atoms with Gasteiger partial charge in [0.15, 0.2) is 0 Å². The van der Waals surface area contributed by atoms with Crippen LogP contribution in [0.15, 0.2) is 17.5 Å². The van der Waals surface area contributed by atoms with Gasteiger partial charge in [-0.2, -0.15) is 0 Å². The van der Waals surface area contributed by atoms with Crippen LogP contribution in [0.25, 0.3) is 0 Å². The van der Waals surface area contributed by atoms with E-state index in [0.29, 0.717) is 25.0 Å². The van der Waals surface area contributed by atoms with Gasteiger partial charge >= 0.3 is 6.03 Å². The van der Waals surface area contributed by atoms with E-state index in [1.54, 1.807) is 11.3 Å². The molecule has 3 rings (SSSR count). The Morgan fingerprint density at radius 2 is 2.04 bits per heavy atom. The zero-order valence-electron chi connectivity index (χ0n) is 16.4. The molecule has 152 valence electrons. The van der Waals surface area contributed by atoms with Crippen LogP contribution >= 0.6 is 11.3 Å². The fourth-order valence-electron chi connectivity index (χ4n) is 3.83. The highest BCUT2D eigenvalue weighted by Crippen LogP contribution is 2.23. The van der Waals surface area contributed by atoms with E-state index in [9.17, 15) is 4.79 Å². The van der Waals surface area contributed by atoms with Crippen LogP contribution in [0.2, 0.25) is 0 Å². The Labute approximate surface area is 166 Å². The molecule has 0 radical (unpaired) electrons. The molecule has 2 aliphatic rings. The van der Waals surface area contributed by atoms with Crippen LogP contribution in [0.5, 0.6) is 0 Å². The van der Waals surface area contributed by atoms with Gasteiger partial charge in [-0.25, -0.2) is 4.79 Å². The van der Waals surface area contributed by atoms with Crippen molar-refractivity contribution in [3.05, 3.63) is 22.4 Å². The lowest BCUT2D eigenvalue weighted by molar-refractivity contribution is 0.00212. The highest BCUT2D eigenvalue weighted by atomic mass is 32.1. The lowest BCUT2D eigenvalue weighted by Crippen LogP contribution is -2.53. The van der Waals surface area contributed by atoms with E-state index in [-0.39, 0.29) is 12.1 Å². The molecule has 1 aromatic rings. The monoisotopic (exact) mass is 396 g/mol. The van der Waals surface area contributed by atoms with Gasteiger partial charge in [0.1, 0.15) is 0 Å². The first-order valence-electron chi connectivity index (χ1n) is 9.76. The average Bonchev–Trinajstić information content (AvgIpc) is 3.37. The van der Waals surface area contributed by atoms with Crippen LogP contribution in [-0.4, -0.2) is 88.6 Å². The molecule has 0 spiro atoms. The van der Waals surface area contributed by atoms with Crippen molar-refractivity contribution >= 4 is 17.4 Å². The van der Waals surface area contributed by atoms with Crippen molar-refractivity contribution in [2.75, 3.05) is 66.7 Å². The van der Waals surface area contributed by atoms with E-state index in [1.807, 2.05) is 20.2 Å². The fraction of sp³-hybridized carbons (Fsp3) is 0.737. The molecule has 0 bridgehead atoms. The van der Waals surface area contributed by atoms with E-state index in [0.717, 1.165) is 45.9 Å². The van der Waals surface area contributed by atoms with Crippen molar-refractivity contribution in [3.8, 4) is 0 Å². The highest BCUT2D eigenvalue weighted by Gasteiger charge is 2.31.